The largest absolute Gasteiger partial charge is 0.457 e. The summed E-state index contributed by atoms with van der Waals surface area (Å²) in [5.74, 6) is -0.538. The van der Waals surface area contributed by atoms with E-state index < -0.39 is 16.5 Å². The van der Waals surface area contributed by atoms with Crippen molar-refractivity contribution in [3.8, 4) is 0 Å². The van der Waals surface area contributed by atoms with Crippen molar-refractivity contribution in [2.75, 3.05) is 38.2 Å². The number of cyclic esters (lactones) is 1. The lowest BCUT2D eigenvalue weighted by atomic mass is 10.1. The summed E-state index contributed by atoms with van der Waals surface area (Å²) in [6.07, 6.45) is -0.389. The van der Waals surface area contributed by atoms with Gasteiger partial charge in [0.1, 0.15) is 17.9 Å². The fourth-order valence-corrected chi connectivity index (χ4v) is 3.01. The molecule has 10 heteroatoms. The van der Waals surface area contributed by atoms with Crippen molar-refractivity contribution in [3.63, 3.8) is 0 Å². The van der Waals surface area contributed by atoms with Gasteiger partial charge in [-0.2, -0.15) is 0 Å². The van der Waals surface area contributed by atoms with Crippen LogP contribution in [0.2, 0.25) is 0 Å². The average Bonchev–Trinajstić information content (AvgIpc) is 3.01. The Kier molecular flexibility index (Phi) is 6.45. The summed E-state index contributed by atoms with van der Waals surface area (Å²) in [5.41, 5.74) is 0.627. The van der Waals surface area contributed by atoms with E-state index in [0.29, 0.717) is 37.4 Å². The van der Waals surface area contributed by atoms with E-state index in [-0.39, 0.29) is 24.0 Å². The van der Waals surface area contributed by atoms with Crippen LogP contribution in [0.4, 0.5) is 16.2 Å². The van der Waals surface area contributed by atoms with Crippen LogP contribution >= 0.6 is 0 Å². The van der Waals surface area contributed by atoms with Gasteiger partial charge in [-0.1, -0.05) is 0 Å². The SMILES string of the molecule is CC(C)(C)OC(=O)N1CCN(c2cc3c(cc2[N+](=O)[O-])C(=O)OC3)CC1.CO. The van der Waals surface area contributed by atoms with Crippen LogP contribution in [0.3, 0.4) is 0 Å². The zero-order chi connectivity index (χ0) is 21.1. The molecule has 1 N–H and O–H groups in total. The summed E-state index contributed by atoms with van der Waals surface area (Å²) >= 11 is 0. The summed E-state index contributed by atoms with van der Waals surface area (Å²) in [4.78, 5) is 38.2. The van der Waals surface area contributed by atoms with E-state index >= 15 is 0 Å². The van der Waals surface area contributed by atoms with E-state index in [1.54, 1.807) is 31.7 Å². The molecule has 2 aliphatic rings. The highest BCUT2D eigenvalue weighted by atomic mass is 16.6. The molecule has 1 aromatic carbocycles. The number of fused-ring (bicyclic) bond motifs is 1. The number of aliphatic hydroxyl groups is 1. The molecular weight excluding hydrogens is 370 g/mol. The van der Waals surface area contributed by atoms with Gasteiger partial charge in [0.05, 0.1) is 10.5 Å². The smallest absolute Gasteiger partial charge is 0.410 e. The third-order valence-corrected chi connectivity index (χ3v) is 4.25. The van der Waals surface area contributed by atoms with Crippen molar-refractivity contribution in [2.45, 2.75) is 33.0 Å². The molecule has 0 unspecified atom stereocenters. The Bertz CT molecular complexity index is 765. The van der Waals surface area contributed by atoms with Crippen molar-refractivity contribution < 1.29 is 29.1 Å². The summed E-state index contributed by atoms with van der Waals surface area (Å²) < 4.78 is 10.3. The Morgan fingerprint density at radius 1 is 1.21 bits per heavy atom. The molecule has 154 valence electrons. The number of esters is 1. The van der Waals surface area contributed by atoms with Gasteiger partial charge in [0.2, 0.25) is 0 Å². The molecule has 1 saturated heterocycles. The maximum absolute atomic E-state index is 12.1. The second-order valence-electron chi connectivity index (χ2n) is 7.29. The number of nitrogens with zero attached hydrogens (tertiary/aromatic N) is 3. The molecule has 0 aromatic heterocycles. The number of rotatable bonds is 2. The minimum Gasteiger partial charge on any atom is -0.457 e. The maximum Gasteiger partial charge on any atom is 0.410 e. The van der Waals surface area contributed by atoms with Gasteiger partial charge in [0.25, 0.3) is 5.69 Å². The normalized spacial score (nSPS) is 16.0. The number of aliphatic hydroxyl groups excluding tert-OH is 1. The number of piperazine rings is 1. The van der Waals surface area contributed by atoms with Crippen LogP contribution in [0.5, 0.6) is 0 Å². The average molecular weight is 395 g/mol. The predicted molar refractivity (Wildman–Crippen MR) is 100 cm³/mol. The highest BCUT2D eigenvalue weighted by Gasteiger charge is 2.32. The minimum atomic E-state index is -0.570. The first-order valence-electron chi connectivity index (χ1n) is 8.82. The summed E-state index contributed by atoms with van der Waals surface area (Å²) in [6, 6.07) is 2.92. The second kappa shape index (κ2) is 8.42. The van der Waals surface area contributed by atoms with Crippen LogP contribution in [-0.4, -0.2) is 65.9 Å². The summed E-state index contributed by atoms with van der Waals surface area (Å²) in [5, 5.41) is 18.4. The summed E-state index contributed by atoms with van der Waals surface area (Å²) in [6.45, 7) is 7.21. The fourth-order valence-electron chi connectivity index (χ4n) is 3.01. The zero-order valence-corrected chi connectivity index (χ0v) is 16.4. The first kappa shape index (κ1) is 21.4. The van der Waals surface area contributed by atoms with E-state index in [1.165, 1.54) is 6.07 Å². The van der Waals surface area contributed by atoms with Gasteiger partial charge in [-0.25, -0.2) is 9.59 Å². The lowest BCUT2D eigenvalue weighted by Crippen LogP contribution is -2.50. The number of carbonyl (C=O) groups is 2. The molecule has 1 fully saturated rings. The monoisotopic (exact) mass is 395 g/mol. The third-order valence-electron chi connectivity index (χ3n) is 4.25. The molecule has 10 nitrogen and oxygen atoms in total. The zero-order valence-electron chi connectivity index (χ0n) is 16.4. The number of hydrogen-bond acceptors (Lipinski definition) is 8. The Labute approximate surface area is 162 Å². The number of carbonyl (C=O) groups excluding carboxylic acids is 2. The lowest BCUT2D eigenvalue weighted by Gasteiger charge is -2.36. The quantitative estimate of drug-likeness (QED) is 0.458. The molecule has 0 radical (unpaired) electrons. The van der Waals surface area contributed by atoms with E-state index in [2.05, 4.69) is 0 Å². The van der Waals surface area contributed by atoms with Gasteiger partial charge in [-0.15, -0.1) is 0 Å². The molecular formula is C18H25N3O7. The van der Waals surface area contributed by atoms with Crippen molar-refractivity contribution >= 4 is 23.4 Å². The predicted octanol–water partition coefficient (Wildman–Crippen LogP) is 1.93. The van der Waals surface area contributed by atoms with Crippen molar-refractivity contribution in [1.82, 2.24) is 4.90 Å². The van der Waals surface area contributed by atoms with Gasteiger partial charge in [-0.3, -0.25) is 10.1 Å². The molecule has 0 saturated carbocycles. The van der Waals surface area contributed by atoms with E-state index in [0.717, 1.165) is 7.11 Å². The standard InChI is InChI=1S/C17H21N3O6.CH4O/c1-17(2,3)26-16(22)19-6-4-18(5-7-19)13-8-11-10-25-15(21)12(11)9-14(13)20(23)24;1-2/h8-9H,4-7,10H2,1-3H3;2H,1H3. The molecule has 0 aliphatic carbocycles. The molecule has 1 aromatic rings. The number of anilines is 1. The molecule has 0 bridgehead atoms. The highest BCUT2D eigenvalue weighted by Crippen LogP contribution is 2.35. The second-order valence-corrected chi connectivity index (χ2v) is 7.29. The van der Waals surface area contributed by atoms with E-state index in [4.69, 9.17) is 14.6 Å². The summed E-state index contributed by atoms with van der Waals surface area (Å²) in [7, 11) is 1.00. The van der Waals surface area contributed by atoms with Gasteiger partial charge in [0, 0.05) is 44.9 Å². The molecule has 2 heterocycles. The lowest BCUT2D eigenvalue weighted by molar-refractivity contribution is -0.384. The van der Waals surface area contributed by atoms with Crippen LogP contribution in [0.1, 0.15) is 36.7 Å². The van der Waals surface area contributed by atoms with Gasteiger partial charge < -0.3 is 24.4 Å². The van der Waals surface area contributed by atoms with Crippen LogP contribution in [-0.2, 0) is 16.1 Å². The Morgan fingerprint density at radius 2 is 1.82 bits per heavy atom. The number of benzene rings is 1. The third kappa shape index (κ3) is 4.69. The molecule has 28 heavy (non-hydrogen) atoms. The maximum atomic E-state index is 12.1. The Hall–Kier alpha value is -2.88. The number of amides is 1. The number of nitro groups is 1. The topological polar surface area (TPSA) is 122 Å². The minimum absolute atomic E-state index is 0.122. The molecule has 2 aliphatic heterocycles. The molecule has 1 amide bonds. The van der Waals surface area contributed by atoms with Crippen LogP contribution in [0, 0.1) is 10.1 Å². The van der Waals surface area contributed by atoms with E-state index in [1.807, 2.05) is 4.90 Å². The number of nitro benzene ring substituents is 1. The van der Waals surface area contributed by atoms with Crippen LogP contribution in [0.15, 0.2) is 12.1 Å². The Balaban J connectivity index is 0.00000136. The highest BCUT2D eigenvalue weighted by molar-refractivity contribution is 5.95. The first-order valence-corrected chi connectivity index (χ1v) is 8.82. The van der Waals surface area contributed by atoms with Gasteiger partial charge in [-0.05, 0) is 26.8 Å². The number of hydrogen-bond donors (Lipinski definition) is 1. The molecule has 3 rings (SSSR count). The molecule has 0 atom stereocenters. The van der Waals surface area contributed by atoms with E-state index in [9.17, 15) is 19.7 Å². The first-order chi connectivity index (χ1) is 13.2. The number of ether oxygens (including phenoxy) is 2. The van der Waals surface area contributed by atoms with Crippen molar-refractivity contribution in [2.24, 2.45) is 0 Å². The van der Waals surface area contributed by atoms with Crippen LogP contribution < -0.4 is 4.90 Å². The van der Waals surface area contributed by atoms with Crippen molar-refractivity contribution in [1.29, 1.82) is 0 Å². The molecule has 0 spiro atoms. The van der Waals surface area contributed by atoms with Crippen molar-refractivity contribution in [3.05, 3.63) is 33.4 Å². The fraction of sp³-hybridized carbons (Fsp3) is 0.556. The Morgan fingerprint density at radius 3 is 2.36 bits per heavy atom. The van der Waals surface area contributed by atoms with Gasteiger partial charge >= 0.3 is 12.1 Å². The van der Waals surface area contributed by atoms with Gasteiger partial charge in [0.15, 0.2) is 0 Å². The van der Waals surface area contributed by atoms with Crippen LogP contribution in [0.25, 0.3) is 0 Å².